The van der Waals surface area contributed by atoms with Crippen molar-refractivity contribution in [2.75, 3.05) is 18.5 Å². The zero-order valence-electron chi connectivity index (χ0n) is 11.8. The van der Waals surface area contributed by atoms with Crippen molar-refractivity contribution in [2.24, 2.45) is 0 Å². The quantitative estimate of drug-likeness (QED) is 0.880. The summed E-state index contributed by atoms with van der Waals surface area (Å²) in [5, 5.41) is 4.27. The van der Waals surface area contributed by atoms with Crippen molar-refractivity contribution in [3.63, 3.8) is 0 Å². The fourth-order valence-electron chi connectivity index (χ4n) is 3.08. The molecule has 0 aliphatic carbocycles. The van der Waals surface area contributed by atoms with Crippen LogP contribution in [0.3, 0.4) is 0 Å². The van der Waals surface area contributed by atoms with E-state index in [1.165, 1.54) is 24.1 Å². The van der Waals surface area contributed by atoms with Crippen LogP contribution in [0.5, 0.6) is 0 Å². The average molecular weight is 267 g/mol. The number of hydrogen-bond donors (Lipinski definition) is 1. The minimum Gasteiger partial charge on any atom is -0.365 e. The molecule has 0 bridgehead atoms. The number of rotatable bonds is 2. The Bertz CT molecular complexity index is 429. The van der Waals surface area contributed by atoms with E-state index in [9.17, 15) is 0 Å². The minimum atomic E-state index is 0.114. The molecule has 1 saturated heterocycles. The third-order valence-electron chi connectivity index (χ3n) is 4.23. The molecule has 100 valence electrons. The lowest BCUT2D eigenvalue weighted by atomic mass is 9.84. The number of halogens is 1. The first-order valence-corrected chi connectivity index (χ1v) is 7.05. The largest absolute Gasteiger partial charge is 0.365 e. The summed E-state index contributed by atoms with van der Waals surface area (Å²) in [6.07, 6.45) is 2.46. The van der Waals surface area contributed by atoms with Gasteiger partial charge in [0, 0.05) is 28.8 Å². The number of nitrogens with one attached hydrogen (secondary N) is 1. The van der Waals surface area contributed by atoms with E-state index in [0.717, 1.165) is 11.6 Å². The molecule has 1 fully saturated rings. The lowest BCUT2D eigenvalue weighted by Crippen LogP contribution is -2.60. The molecule has 2 rings (SSSR count). The SMILES string of the molecule is CNC1CCCN(c2cc(Cl)ccc2C)C1(C)C. The lowest BCUT2D eigenvalue weighted by molar-refractivity contribution is 0.275. The highest BCUT2D eigenvalue weighted by Gasteiger charge is 2.38. The number of aryl methyl sites for hydroxylation is 1. The van der Waals surface area contributed by atoms with Gasteiger partial charge in [-0.05, 0) is 58.4 Å². The zero-order valence-corrected chi connectivity index (χ0v) is 12.5. The van der Waals surface area contributed by atoms with Gasteiger partial charge in [0.25, 0.3) is 0 Å². The first-order valence-electron chi connectivity index (χ1n) is 6.68. The van der Waals surface area contributed by atoms with Crippen LogP contribution in [0, 0.1) is 6.92 Å². The maximum atomic E-state index is 6.16. The summed E-state index contributed by atoms with van der Waals surface area (Å²) < 4.78 is 0. The van der Waals surface area contributed by atoms with E-state index < -0.39 is 0 Å². The van der Waals surface area contributed by atoms with E-state index >= 15 is 0 Å². The molecular weight excluding hydrogens is 244 g/mol. The van der Waals surface area contributed by atoms with Crippen molar-refractivity contribution in [3.8, 4) is 0 Å². The Morgan fingerprint density at radius 1 is 1.39 bits per heavy atom. The second kappa shape index (κ2) is 5.10. The van der Waals surface area contributed by atoms with Crippen molar-refractivity contribution < 1.29 is 0 Å². The van der Waals surface area contributed by atoms with Gasteiger partial charge in [0.2, 0.25) is 0 Å². The van der Waals surface area contributed by atoms with Crippen LogP contribution in [-0.2, 0) is 0 Å². The molecule has 1 aromatic rings. The number of piperidine rings is 1. The highest BCUT2D eigenvalue weighted by atomic mass is 35.5. The first kappa shape index (κ1) is 13.7. The average Bonchev–Trinajstić information content (AvgIpc) is 2.32. The van der Waals surface area contributed by atoms with Crippen LogP contribution in [0.15, 0.2) is 18.2 Å². The molecule has 18 heavy (non-hydrogen) atoms. The number of likely N-dealkylation sites (N-methyl/N-ethyl adjacent to an activating group) is 1. The van der Waals surface area contributed by atoms with Gasteiger partial charge in [0.05, 0.1) is 0 Å². The number of benzene rings is 1. The van der Waals surface area contributed by atoms with Gasteiger partial charge in [-0.3, -0.25) is 0 Å². The van der Waals surface area contributed by atoms with Gasteiger partial charge < -0.3 is 10.2 Å². The van der Waals surface area contributed by atoms with Crippen LogP contribution < -0.4 is 10.2 Å². The van der Waals surface area contributed by atoms with Crippen molar-refractivity contribution in [3.05, 3.63) is 28.8 Å². The zero-order chi connectivity index (χ0) is 13.3. The van der Waals surface area contributed by atoms with E-state index in [2.05, 4.69) is 50.2 Å². The van der Waals surface area contributed by atoms with Crippen LogP contribution >= 0.6 is 11.6 Å². The van der Waals surface area contributed by atoms with Gasteiger partial charge in [-0.1, -0.05) is 17.7 Å². The third-order valence-corrected chi connectivity index (χ3v) is 4.47. The molecule has 1 atom stereocenters. The topological polar surface area (TPSA) is 15.3 Å². The second-order valence-corrected chi connectivity index (χ2v) is 6.16. The van der Waals surface area contributed by atoms with Gasteiger partial charge in [-0.2, -0.15) is 0 Å². The highest BCUT2D eigenvalue weighted by Crippen LogP contribution is 2.35. The van der Waals surface area contributed by atoms with E-state index in [4.69, 9.17) is 11.6 Å². The summed E-state index contributed by atoms with van der Waals surface area (Å²) in [6.45, 7) is 7.89. The van der Waals surface area contributed by atoms with Crippen LogP contribution in [0.2, 0.25) is 5.02 Å². The summed E-state index contributed by atoms with van der Waals surface area (Å²) in [5.74, 6) is 0. The summed E-state index contributed by atoms with van der Waals surface area (Å²) in [4.78, 5) is 2.50. The predicted molar refractivity (Wildman–Crippen MR) is 79.7 cm³/mol. The van der Waals surface area contributed by atoms with Gasteiger partial charge >= 0.3 is 0 Å². The van der Waals surface area contributed by atoms with E-state index in [1.807, 2.05) is 6.07 Å². The summed E-state index contributed by atoms with van der Waals surface area (Å²) in [6, 6.07) is 6.69. The third kappa shape index (κ3) is 2.36. The fourth-order valence-corrected chi connectivity index (χ4v) is 3.25. The molecule has 1 N–H and O–H groups in total. The maximum absolute atomic E-state index is 6.16. The lowest BCUT2D eigenvalue weighted by Gasteiger charge is -2.50. The van der Waals surface area contributed by atoms with Crippen LogP contribution in [0.4, 0.5) is 5.69 Å². The Kier molecular flexibility index (Phi) is 3.88. The van der Waals surface area contributed by atoms with E-state index in [0.29, 0.717) is 6.04 Å². The van der Waals surface area contributed by atoms with Crippen LogP contribution in [0.1, 0.15) is 32.3 Å². The van der Waals surface area contributed by atoms with Gasteiger partial charge in [0.1, 0.15) is 0 Å². The smallest absolute Gasteiger partial charge is 0.0498 e. The molecule has 1 aliphatic rings. The molecule has 1 aliphatic heterocycles. The highest BCUT2D eigenvalue weighted by molar-refractivity contribution is 6.30. The molecule has 0 radical (unpaired) electrons. The normalized spacial score (nSPS) is 23.2. The Hall–Kier alpha value is -0.730. The molecule has 0 spiro atoms. The summed E-state index contributed by atoms with van der Waals surface area (Å²) in [7, 11) is 2.06. The fraction of sp³-hybridized carbons (Fsp3) is 0.600. The molecule has 0 amide bonds. The molecule has 3 heteroatoms. The van der Waals surface area contributed by atoms with Crippen molar-refractivity contribution >= 4 is 17.3 Å². The van der Waals surface area contributed by atoms with E-state index in [-0.39, 0.29) is 5.54 Å². The van der Waals surface area contributed by atoms with Crippen molar-refractivity contribution in [2.45, 2.75) is 45.2 Å². The van der Waals surface area contributed by atoms with Crippen LogP contribution in [0.25, 0.3) is 0 Å². The molecular formula is C15H23ClN2. The molecule has 0 saturated carbocycles. The Morgan fingerprint density at radius 3 is 2.78 bits per heavy atom. The molecule has 1 heterocycles. The Labute approximate surface area is 115 Å². The van der Waals surface area contributed by atoms with Crippen molar-refractivity contribution in [1.82, 2.24) is 5.32 Å². The first-order chi connectivity index (χ1) is 8.46. The monoisotopic (exact) mass is 266 g/mol. The number of nitrogens with zero attached hydrogens (tertiary/aromatic N) is 1. The Morgan fingerprint density at radius 2 is 2.11 bits per heavy atom. The van der Waals surface area contributed by atoms with Gasteiger partial charge in [-0.15, -0.1) is 0 Å². The summed E-state index contributed by atoms with van der Waals surface area (Å²) >= 11 is 6.16. The Balaban J connectivity index is 2.39. The minimum absolute atomic E-state index is 0.114. The standard InChI is InChI=1S/C15H23ClN2/c1-11-7-8-12(16)10-13(11)18-9-5-6-14(17-4)15(18,2)3/h7-8,10,14,17H,5-6,9H2,1-4H3. The predicted octanol–water partition coefficient (Wildman–Crippen LogP) is 3.62. The maximum Gasteiger partial charge on any atom is 0.0498 e. The van der Waals surface area contributed by atoms with Gasteiger partial charge in [-0.25, -0.2) is 0 Å². The molecule has 2 nitrogen and oxygen atoms in total. The number of anilines is 1. The molecule has 1 unspecified atom stereocenters. The van der Waals surface area contributed by atoms with E-state index in [1.54, 1.807) is 0 Å². The summed E-state index contributed by atoms with van der Waals surface area (Å²) in [5.41, 5.74) is 2.68. The molecule has 0 aromatic heterocycles. The number of hydrogen-bond acceptors (Lipinski definition) is 2. The second-order valence-electron chi connectivity index (χ2n) is 5.72. The molecule has 1 aromatic carbocycles. The van der Waals surface area contributed by atoms with Gasteiger partial charge in [0.15, 0.2) is 0 Å². The van der Waals surface area contributed by atoms with Crippen LogP contribution in [-0.4, -0.2) is 25.2 Å². The van der Waals surface area contributed by atoms with Crippen molar-refractivity contribution in [1.29, 1.82) is 0 Å².